The topological polar surface area (TPSA) is 66.4 Å². The van der Waals surface area contributed by atoms with Gasteiger partial charge >= 0.3 is 14.0 Å². The minimum absolute atomic E-state index is 0.345. The van der Waals surface area contributed by atoms with Gasteiger partial charge in [-0.05, 0) is 26.3 Å². The Morgan fingerprint density at radius 2 is 2.20 bits per heavy atom. The van der Waals surface area contributed by atoms with Crippen molar-refractivity contribution in [3.63, 3.8) is 0 Å². The lowest BCUT2D eigenvalue weighted by atomic mass is 10.2. The number of unbranched alkanes of at least 4 members (excludes halogenated alkanes) is 1. The second-order valence-corrected chi connectivity index (χ2v) is 4.75. The van der Waals surface area contributed by atoms with E-state index < -0.39 is 19.7 Å². The van der Waals surface area contributed by atoms with Crippen LogP contribution in [-0.4, -0.2) is 18.2 Å². The minimum Gasteiger partial charge on any atom is -0.595 e. The van der Waals surface area contributed by atoms with Crippen LogP contribution in [0.5, 0.6) is 0 Å². The summed E-state index contributed by atoms with van der Waals surface area (Å²) in [5.74, 6) is -0.438. The van der Waals surface area contributed by atoms with Crippen molar-refractivity contribution in [2.45, 2.75) is 39.3 Å². The maximum absolute atomic E-state index is 11.3. The molecule has 0 saturated carbocycles. The van der Waals surface area contributed by atoms with Crippen LogP contribution in [0.4, 0.5) is 0 Å². The van der Waals surface area contributed by atoms with E-state index in [0.717, 1.165) is 12.8 Å². The standard InChI is InChI=1S/C10H17O4P/c1-4-5-6-14-10(11)8(2)7-9(3)15(12)13/h7,9H,4-6H2,1-3H3/b8-7+. The molecule has 5 heteroatoms. The van der Waals surface area contributed by atoms with Crippen LogP contribution in [0.1, 0.15) is 33.6 Å². The Hall–Kier alpha value is -0.730. The summed E-state index contributed by atoms with van der Waals surface area (Å²) in [6, 6.07) is 0. The number of carbonyl (C=O) groups excluding carboxylic acids is 1. The van der Waals surface area contributed by atoms with Gasteiger partial charge in [0, 0.05) is 5.57 Å². The van der Waals surface area contributed by atoms with Crippen molar-refractivity contribution in [2.75, 3.05) is 6.61 Å². The molecule has 15 heavy (non-hydrogen) atoms. The second kappa shape index (κ2) is 7.55. The van der Waals surface area contributed by atoms with Gasteiger partial charge in [-0.3, -0.25) is 0 Å². The zero-order chi connectivity index (χ0) is 11.8. The molecule has 0 aliphatic carbocycles. The molecule has 86 valence electrons. The minimum atomic E-state index is -2.52. The predicted octanol–water partition coefficient (Wildman–Crippen LogP) is 1.77. The number of allylic oxidation sites excluding steroid dienone is 1. The molecule has 0 aliphatic rings. The highest BCUT2D eigenvalue weighted by atomic mass is 31.1. The van der Waals surface area contributed by atoms with Gasteiger partial charge in [-0.15, -0.1) is 0 Å². The third-order valence-electron chi connectivity index (χ3n) is 1.88. The van der Waals surface area contributed by atoms with Crippen LogP contribution >= 0.6 is 8.03 Å². The average Bonchev–Trinajstić information content (AvgIpc) is 2.17. The molecule has 4 nitrogen and oxygen atoms in total. The lowest BCUT2D eigenvalue weighted by Gasteiger charge is -2.04. The lowest BCUT2D eigenvalue weighted by Crippen LogP contribution is -2.09. The van der Waals surface area contributed by atoms with Crippen LogP contribution in [0.3, 0.4) is 0 Å². The number of ether oxygens (including phenoxy) is 1. The highest BCUT2D eigenvalue weighted by Gasteiger charge is 2.14. The molecular weight excluding hydrogens is 215 g/mol. The Morgan fingerprint density at radius 3 is 2.67 bits per heavy atom. The van der Waals surface area contributed by atoms with Crippen LogP contribution in [0.2, 0.25) is 0 Å². The zero-order valence-electron chi connectivity index (χ0n) is 9.36. The average molecular weight is 232 g/mol. The second-order valence-electron chi connectivity index (χ2n) is 3.37. The first-order chi connectivity index (χ1) is 6.99. The molecule has 0 N–H and O–H groups in total. The highest BCUT2D eigenvalue weighted by Crippen LogP contribution is 2.19. The molecule has 0 rings (SSSR count). The molecule has 0 aliphatic heterocycles. The van der Waals surface area contributed by atoms with Crippen LogP contribution in [0.15, 0.2) is 11.6 Å². The third-order valence-corrected chi connectivity index (χ3v) is 2.69. The van der Waals surface area contributed by atoms with E-state index in [4.69, 9.17) is 4.74 Å². The molecule has 0 saturated heterocycles. The summed E-state index contributed by atoms with van der Waals surface area (Å²) in [7, 11) is -2.52. The first-order valence-corrected chi connectivity index (χ1v) is 6.22. The summed E-state index contributed by atoms with van der Waals surface area (Å²) in [6.07, 6.45) is 3.18. The van der Waals surface area contributed by atoms with Crippen molar-refractivity contribution >= 4 is 14.0 Å². The Bertz CT molecular complexity index is 260. The number of hydrogen-bond acceptors (Lipinski definition) is 4. The van der Waals surface area contributed by atoms with Gasteiger partial charge in [0.1, 0.15) is 0 Å². The molecule has 0 aromatic rings. The molecule has 2 unspecified atom stereocenters. The van der Waals surface area contributed by atoms with E-state index in [1.54, 1.807) is 6.92 Å². The molecule has 0 amide bonds. The van der Waals surface area contributed by atoms with Gasteiger partial charge in [-0.2, -0.15) is 0 Å². The third kappa shape index (κ3) is 6.37. The molecule has 0 aromatic heterocycles. The molecule has 0 heterocycles. The van der Waals surface area contributed by atoms with E-state index >= 15 is 0 Å². The summed E-state index contributed by atoms with van der Waals surface area (Å²) in [5.41, 5.74) is -0.281. The molecular formula is C10H17O4P. The van der Waals surface area contributed by atoms with Gasteiger partial charge in [-0.1, -0.05) is 17.9 Å². The summed E-state index contributed by atoms with van der Waals surface area (Å²) >= 11 is 0. The van der Waals surface area contributed by atoms with Gasteiger partial charge < -0.3 is 9.63 Å². The number of carbonyl (C=O) groups is 1. The smallest absolute Gasteiger partial charge is 0.333 e. The van der Waals surface area contributed by atoms with E-state index in [-0.39, 0.29) is 0 Å². The Kier molecular flexibility index (Phi) is 7.18. The van der Waals surface area contributed by atoms with Crippen molar-refractivity contribution in [1.29, 1.82) is 0 Å². The van der Waals surface area contributed by atoms with Gasteiger partial charge in [0.25, 0.3) is 0 Å². The van der Waals surface area contributed by atoms with Gasteiger partial charge in [0.2, 0.25) is 0 Å². The Labute approximate surface area is 91.2 Å². The van der Waals surface area contributed by atoms with Crippen LogP contribution in [-0.2, 0) is 14.1 Å². The Morgan fingerprint density at radius 1 is 1.60 bits per heavy atom. The van der Waals surface area contributed by atoms with Crippen LogP contribution in [0, 0.1) is 0 Å². The number of rotatable bonds is 6. The van der Waals surface area contributed by atoms with E-state index in [2.05, 4.69) is 0 Å². The summed E-state index contributed by atoms with van der Waals surface area (Å²) < 4.78 is 15.5. The first-order valence-electron chi connectivity index (χ1n) is 4.98. The van der Waals surface area contributed by atoms with Gasteiger partial charge in [0.05, 0.1) is 6.61 Å². The molecule has 0 radical (unpaired) electrons. The number of hydrogen-bond donors (Lipinski definition) is 0. The fourth-order valence-corrected chi connectivity index (χ4v) is 1.26. The van der Waals surface area contributed by atoms with Gasteiger partial charge in [-0.25, -0.2) is 4.79 Å². The highest BCUT2D eigenvalue weighted by molar-refractivity contribution is 7.37. The van der Waals surface area contributed by atoms with E-state index in [9.17, 15) is 14.3 Å². The fourth-order valence-electron chi connectivity index (χ4n) is 0.914. The first kappa shape index (κ1) is 14.3. The zero-order valence-corrected chi connectivity index (χ0v) is 10.3. The lowest BCUT2D eigenvalue weighted by molar-refractivity contribution is -0.165. The maximum Gasteiger partial charge on any atom is 0.333 e. The van der Waals surface area contributed by atoms with E-state index in [1.807, 2.05) is 6.92 Å². The van der Waals surface area contributed by atoms with Crippen LogP contribution in [0.25, 0.3) is 0 Å². The predicted molar refractivity (Wildman–Crippen MR) is 56.7 cm³/mol. The molecule has 0 aromatic carbocycles. The Balaban J connectivity index is 4.13. The van der Waals surface area contributed by atoms with Gasteiger partial charge in [0.15, 0.2) is 5.66 Å². The normalized spacial score (nSPS) is 14.7. The summed E-state index contributed by atoms with van der Waals surface area (Å²) in [4.78, 5) is 21.8. The molecule has 0 spiro atoms. The van der Waals surface area contributed by atoms with E-state index in [1.165, 1.54) is 13.0 Å². The number of esters is 1. The van der Waals surface area contributed by atoms with Crippen molar-refractivity contribution in [3.05, 3.63) is 11.6 Å². The SMILES string of the molecule is CCCCOC(=O)/C(C)=C/C(C)[P+](=O)[O-]. The largest absolute Gasteiger partial charge is 0.595 e. The van der Waals surface area contributed by atoms with Crippen molar-refractivity contribution in [2.24, 2.45) is 0 Å². The maximum atomic E-state index is 11.3. The van der Waals surface area contributed by atoms with E-state index in [0.29, 0.717) is 12.2 Å². The summed E-state index contributed by atoms with van der Waals surface area (Å²) in [5, 5.41) is 0. The van der Waals surface area contributed by atoms with Crippen molar-refractivity contribution < 1.29 is 19.0 Å². The monoisotopic (exact) mass is 232 g/mol. The van der Waals surface area contributed by atoms with Crippen LogP contribution < -0.4 is 4.89 Å². The molecule has 0 fully saturated rings. The van der Waals surface area contributed by atoms with Crippen molar-refractivity contribution in [1.82, 2.24) is 0 Å². The quantitative estimate of drug-likeness (QED) is 0.303. The fraction of sp³-hybridized carbons (Fsp3) is 0.700. The molecule has 0 bridgehead atoms. The summed E-state index contributed by atoms with van der Waals surface area (Å²) in [6.45, 7) is 5.47. The van der Waals surface area contributed by atoms with Crippen molar-refractivity contribution in [3.8, 4) is 0 Å². The molecule has 2 atom stereocenters.